The molecular formula is C88H68BNSSi2. The molecule has 0 unspecified atom stereocenters. The normalized spacial score (nSPS) is 12.6. The molecule has 0 N–H and O–H groups in total. The fourth-order valence-corrected chi connectivity index (χ4v) is 26.0. The van der Waals surface area contributed by atoms with Crippen LogP contribution < -0.4 is 62.8 Å². The van der Waals surface area contributed by atoms with Crippen LogP contribution in [-0.4, -0.2) is 22.9 Å². The summed E-state index contributed by atoms with van der Waals surface area (Å²) in [7, 11) is -6.37. The summed E-state index contributed by atoms with van der Waals surface area (Å²) in [4.78, 5) is 5.34. The molecule has 2 heterocycles. The van der Waals surface area contributed by atoms with Gasteiger partial charge in [-0.05, 0) is 121 Å². The van der Waals surface area contributed by atoms with Gasteiger partial charge in [0.2, 0.25) is 6.71 Å². The summed E-state index contributed by atoms with van der Waals surface area (Å²) in [6.45, 7) is 7.01. The Balaban J connectivity index is 1.04. The van der Waals surface area contributed by atoms with Crippen LogP contribution in [0, 0.1) is 0 Å². The van der Waals surface area contributed by atoms with Gasteiger partial charge in [0.05, 0.1) is 5.69 Å². The minimum absolute atomic E-state index is 0.135. The smallest absolute Gasteiger partial charge is 0.249 e. The first-order valence-corrected chi connectivity index (χ1v) is 37.3. The Hall–Kier alpha value is -10.3. The minimum atomic E-state index is -3.24. The molecule has 16 rings (SSSR count). The molecule has 0 aliphatic carbocycles. The molecule has 93 heavy (non-hydrogen) atoms. The molecule has 0 bridgehead atoms. The molecule has 0 saturated carbocycles. The second kappa shape index (κ2) is 24.1. The Morgan fingerprint density at radius 2 is 0.645 bits per heavy atom. The zero-order valence-electron chi connectivity index (χ0n) is 52.5. The van der Waals surface area contributed by atoms with E-state index in [2.05, 4.69) is 384 Å². The maximum Gasteiger partial charge on any atom is 0.249 e. The molecule has 2 aliphatic heterocycles. The number of hydrogen-bond donors (Lipinski definition) is 0. The highest BCUT2D eigenvalue weighted by Crippen LogP contribution is 2.50. The summed E-state index contributed by atoms with van der Waals surface area (Å²) in [5, 5.41) is 10.7. The number of rotatable bonds is 13. The van der Waals surface area contributed by atoms with Crippen molar-refractivity contribution in [1.29, 1.82) is 0 Å². The zero-order chi connectivity index (χ0) is 62.5. The van der Waals surface area contributed by atoms with Crippen LogP contribution in [0.2, 0.25) is 0 Å². The van der Waals surface area contributed by atoms with Gasteiger partial charge in [-0.25, -0.2) is 0 Å². The van der Waals surface area contributed by atoms with E-state index >= 15 is 0 Å². The average molecular weight is 1240 g/mol. The van der Waals surface area contributed by atoms with Crippen LogP contribution in [0.4, 0.5) is 17.1 Å². The Kier molecular flexibility index (Phi) is 15.0. The number of benzene rings is 14. The molecule has 0 amide bonds. The summed E-state index contributed by atoms with van der Waals surface area (Å²) in [5.41, 5.74) is 18.2. The molecule has 0 radical (unpaired) electrons. The van der Waals surface area contributed by atoms with Gasteiger partial charge >= 0.3 is 0 Å². The van der Waals surface area contributed by atoms with Gasteiger partial charge < -0.3 is 4.90 Å². The van der Waals surface area contributed by atoms with Crippen molar-refractivity contribution in [2.24, 2.45) is 0 Å². The number of anilines is 3. The molecule has 0 saturated heterocycles. The van der Waals surface area contributed by atoms with Crippen molar-refractivity contribution >= 4 is 110 Å². The lowest BCUT2D eigenvalue weighted by atomic mass is 9.34. The first kappa shape index (κ1) is 57.9. The Bertz CT molecular complexity index is 4890. The molecule has 0 fully saturated rings. The molecule has 2 aliphatic rings. The first-order valence-electron chi connectivity index (χ1n) is 32.5. The number of para-hydroxylation sites is 1. The maximum atomic E-state index is 2.74. The van der Waals surface area contributed by atoms with Crippen LogP contribution in [0.1, 0.15) is 26.3 Å². The van der Waals surface area contributed by atoms with Gasteiger partial charge in [0, 0.05) is 32.3 Å². The number of hydrogen-bond acceptors (Lipinski definition) is 2. The largest absolute Gasteiger partial charge is 0.310 e. The zero-order valence-corrected chi connectivity index (χ0v) is 55.3. The lowest BCUT2D eigenvalue weighted by Crippen LogP contribution is -2.75. The fraction of sp³-hybridized carbons (Fsp3) is 0.0455. The quantitative estimate of drug-likeness (QED) is 0.0836. The van der Waals surface area contributed by atoms with Crippen molar-refractivity contribution in [3.63, 3.8) is 0 Å². The molecule has 14 aromatic carbocycles. The highest BCUT2D eigenvalue weighted by molar-refractivity contribution is 8.00. The predicted octanol–water partition coefficient (Wildman–Crippen LogP) is 15.2. The summed E-state index contributed by atoms with van der Waals surface area (Å²) < 4.78 is 0. The summed E-state index contributed by atoms with van der Waals surface area (Å²) >= 11 is 1.95. The van der Waals surface area contributed by atoms with Crippen LogP contribution in [-0.2, 0) is 5.41 Å². The highest BCUT2D eigenvalue weighted by atomic mass is 32.2. The third-order valence-electron chi connectivity index (χ3n) is 19.6. The summed E-state index contributed by atoms with van der Waals surface area (Å²) in [6, 6.07) is 137. The van der Waals surface area contributed by atoms with Gasteiger partial charge in [0.15, 0.2) is 16.1 Å². The van der Waals surface area contributed by atoms with Crippen molar-refractivity contribution in [2.45, 2.75) is 36.0 Å². The van der Waals surface area contributed by atoms with Crippen LogP contribution in [0.25, 0.3) is 44.5 Å². The lowest BCUT2D eigenvalue weighted by molar-refractivity contribution is 0.589. The van der Waals surface area contributed by atoms with Crippen molar-refractivity contribution in [2.75, 3.05) is 4.90 Å². The van der Waals surface area contributed by atoms with E-state index in [1.807, 2.05) is 11.8 Å². The summed E-state index contributed by atoms with van der Waals surface area (Å²) in [6.07, 6.45) is 0. The van der Waals surface area contributed by atoms with Gasteiger partial charge in [-0.2, -0.15) is 0 Å². The molecule has 0 aromatic heterocycles. The fourth-order valence-electron chi connectivity index (χ4n) is 15.3. The first-order chi connectivity index (χ1) is 45.8. The predicted molar refractivity (Wildman–Crippen MR) is 404 cm³/mol. The van der Waals surface area contributed by atoms with E-state index in [1.165, 1.54) is 135 Å². The Morgan fingerprint density at radius 3 is 1.09 bits per heavy atom. The van der Waals surface area contributed by atoms with Crippen molar-refractivity contribution in [3.05, 3.63) is 363 Å². The van der Waals surface area contributed by atoms with Crippen LogP contribution in [0.15, 0.2) is 368 Å². The number of nitrogens with zero attached hydrogens (tertiary/aromatic N) is 1. The topological polar surface area (TPSA) is 3.24 Å². The van der Waals surface area contributed by atoms with E-state index in [4.69, 9.17) is 0 Å². The molecule has 1 nitrogen and oxygen atoms in total. The minimum Gasteiger partial charge on any atom is -0.310 e. The molecule has 0 atom stereocenters. The van der Waals surface area contributed by atoms with E-state index in [1.54, 1.807) is 0 Å². The average Bonchev–Trinajstić information content (AvgIpc) is 0.699. The Morgan fingerprint density at radius 1 is 0.280 bits per heavy atom. The van der Waals surface area contributed by atoms with E-state index in [0.717, 1.165) is 0 Å². The maximum absolute atomic E-state index is 3.24. The summed E-state index contributed by atoms with van der Waals surface area (Å²) in [5.74, 6) is 0. The van der Waals surface area contributed by atoms with Crippen LogP contribution in [0.3, 0.4) is 0 Å². The van der Waals surface area contributed by atoms with Crippen LogP contribution >= 0.6 is 11.8 Å². The van der Waals surface area contributed by atoms with Gasteiger partial charge in [-0.1, -0.05) is 372 Å². The lowest BCUT2D eigenvalue weighted by Gasteiger charge is -2.44. The van der Waals surface area contributed by atoms with Crippen LogP contribution in [0.5, 0.6) is 0 Å². The van der Waals surface area contributed by atoms with E-state index < -0.39 is 16.1 Å². The van der Waals surface area contributed by atoms with E-state index in [0.29, 0.717) is 0 Å². The molecule has 442 valence electrons. The van der Waals surface area contributed by atoms with Gasteiger partial charge in [-0.3, -0.25) is 0 Å². The standard InChI is InChI=1S/C88H68BNSSi2/c1-88(2,3)69-59-83-86-85(60-69)91-84-56-54-76(92(70-41-20-8-21-42-70,71-43-22-9-23-44-71)74-49-28-39-67(57-74)63-31-12-4-13-32-63)61-81(84)89(86)80-55-53-77(62-82(80)90(83)87-78(65-35-16-6-17-36-65)51-30-52-79(87)66-37-18-7-19-38-66)93(72-45-24-10-25-46-72,73-47-26-11-27-48-73)75-50-29-40-68(58-75)64-33-14-5-15-34-64/h4-62H,1-3H3. The van der Waals surface area contributed by atoms with E-state index in [-0.39, 0.29) is 12.1 Å². The van der Waals surface area contributed by atoms with Gasteiger partial charge in [0.1, 0.15) is 0 Å². The third kappa shape index (κ3) is 10.0. The molecular weight excluding hydrogens is 1170 g/mol. The third-order valence-corrected chi connectivity index (χ3v) is 30.2. The van der Waals surface area contributed by atoms with Gasteiger partial charge in [0.25, 0.3) is 0 Å². The molecule has 5 heteroatoms. The van der Waals surface area contributed by atoms with Crippen molar-refractivity contribution in [3.8, 4) is 44.5 Å². The van der Waals surface area contributed by atoms with Crippen molar-refractivity contribution < 1.29 is 0 Å². The van der Waals surface area contributed by atoms with E-state index in [9.17, 15) is 0 Å². The second-order valence-electron chi connectivity index (χ2n) is 25.8. The number of fused-ring (bicyclic) bond motifs is 4. The second-order valence-corrected chi connectivity index (χ2v) is 34.5. The molecule has 14 aromatic rings. The SMILES string of the molecule is CC(C)(C)c1cc2c3c(c1)N(c1c(-c4ccccc4)cccc1-c1ccccc1)c1cc([Si](c4ccccc4)(c4ccccc4)c4cccc(-c5ccccc5)c4)ccc1B3c1cc([Si](c3ccccc3)(c3ccccc3)c3cccc(-c4ccccc4)c3)ccc1S2. The van der Waals surface area contributed by atoms with Crippen molar-refractivity contribution in [1.82, 2.24) is 0 Å². The molecule has 0 spiro atoms. The highest BCUT2D eigenvalue weighted by Gasteiger charge is 2.48. The monoisotopic (exact) mass is 1240 g/mol. The van der Waals surface area contributed by atoms with Gasteiger partial charge in [-0.15, -0.1) is 0 Å². The Labute approximate surface area is 554 Å².